The minimum Gasteiger partial charge on any atom is -0.499 e. The number of nitro groups is 1. The van der Waals surface area contributed by atoms with Gasteiger partial charge in [-0.05, 0) is 45.4 Å². The number of nitro benzene ring substituents is 1. The van der Waals surface area contributed by atoms with E-state index >= 15 is 0 Å². The lowest BCUT2D eigenvalue weighted by Crippen LogP contribution is -2.31. The third-order valence-corrected chi connectivity index (χ3v) is 3.93. The summed E-state index contributed by atoms with van der Waals surface area (Å²) in [6.07, 6.45) is -0.164. The highest BCUT2D eigenvalue weighted by atomic mass is 16.7. The van der Waals surface area contributed by atoms with E-state index in [1.807, 2.05) is 0 Å². The number of benzene rings is 1. The van der Waals surface area contributed by atoms with Gasteiger partial charge >= 0.3 is 11.8 Å². The molecule has 0 saturated carbocycles. The molecule has 1 N–H and O–H groups in total. The number of hydrogen-bond donors (Lipinski definition) is 1. The summed E-state index contributed by atoms with van der Waals surface area (Å²) in [6.45, 7) is 7.80. The summed E-state index contributed by atoms with van der Waals surface area (Å²) >= 11 is 0. The summed E-state index contributed by atoms with van der Waals surface area (Å²) in [4.78, 5) is 36.0. The van der Waals surface area contributed by atoms with Crippen molar-refractivity contribution in [3.63, 3.8) is 0 Å². The second kappa shape index (κ2) is 12.1. The quantitative estimate of drug-likeness (QED) is 0.111. The molecule has 0 aliphatic heterocycles. The summed E-state index contributed by atoms with van der Waals surface area (Å²) in [5.41, 5.74) is -1.04. The molecule has 31 heavy (non-hydrogen) atoms. The lowest BCUT2D eigenvalue weighted by atomic mass is 10.1. The number of rotatable bonds is 10. The van der Waals surface area contributed by atoms with Gasteiger partial charge in [-0.15, -0.1) is 0 Å². The van der Waals surface area contributed by atoms with E-state index in [1.165, 1.54) is 4.90 Å². The molecule has 0 aliphatic rings. The third kappa shape index (κ3) is 7.60. The smallest absolute Gasteiger partial charge is 0.499 e. The molecule has 0 aliphatic carbocycles. The SMILES string of the molecule is CCN(CC)C(=O)C(C#N)=Cc1cc(OC(=O)OCCOC(C)C)c(O)c([N+](=O)[O-])c1. The molecule has 0 atom stereocenters. The average molecular weight is 435 g/mol. The Bertz CT molecular complexity index is 885. The molecule has 11 nitrogen and oxygen atoms in total. The fraction of sp³-hybridized carbons (Fsp3) is 0.450. The number of hydrogen-bond acceptors (Lipinski definition) is 9. The maximum atomic E-state index is 12.4. The molecule has 168 valence electrons. The zero-order valence-electron chi connectivity index (χ0n) is 17.8. The molecule has 1 aromatic rings. The lowest BCUT2D eigenvalue weighted by Gasteiger charge is -2.17. The highest BCUT2D eigenvalue weighted by Gasteiger charge is 2.23. The molecular formula is C20H25N3O8. The third-order valence-electron chi connectivity index (χ3n) is 3.93. The fourth-order valence-corrected chi connectivity index (χ4v) is 2.43. The Morgan fingerprint density at radius 2 is 1.94 bits per heavy atom. The second-order valence-electron chi connectivity index (χ2n) is 6.41. The van der Waals surface area contributed by atoms with E-state index in [9.17, 15) is 30.1 Å². The van der Waals surface area contributed by atoms with Crippen molar-refractivity contribution >= 4 is 23.8 Å². The van der Waals surface area contributed by atoms with Gasteiger partial charge in [-0.1, -0.05) is 0 Å². The minimum absolute atomic E-state index is 0.00694. The van der Waals surface area contributed by atoms with Crippen LogP contribution in [0.1, 0.15) is 33.3 Å². The number of carbonyl (C=O) groups excluding carboxylic acids is 2. The van der Waals surface area contributed by atoms with Gasteiger partial charge in [0.1, 0.15) is 18.2 Å². The first-order chi connectivity index (χ1) is 14.6. The first-order valence-corrected chi connectivity index (χ1v) is 9.53. The van der Waals surface area contributed by atoms with Crippen molar-refractivity contribution in [3.05, 3.63) is 33.4 Å². The Labute approximate surface area is 179 Å². The first-order valence-electron chi connectivity index (χ1n) is 9.53. The molecule has 1 aromatic carbocycles. The van der Waals surface area contributed by atoms with Crippen molar-refractivity contribution in [2.75, 3.05) is 26.3 Å². The van der Waals surface area contributed by atoms with E-state index in [0.717, 1.165) is 18.2 Å². The largest absolute Gasteiger partial charge is 0.514 e. The van der Waals surface area contributed by atoms with Gasteiger partial charge in [-0.2, -0.15) is 5.26 Å². The van der Waals surface area contributed by atoms with Gasteiger partial charge in [-0.3, -0.25) is 14.9 Å². The number of aromatic hydroxyl groups is 1. The monoisotopic (exact) mass is 435 g/mol. The van der Waals surface area contributed by atoms with E-state index < -0.39 is 34.2 Å². The van der Waals surface area contributed by atoms with Crippen molar-refractivity contribution in [1.29, 1.82) is 5.26 Å². The number of amides is 1. The van der Waals surface area contributed by atoms with Crippen LogP contribution < -0.4 is 4.74 Å². The second-order valence-corrected chi connectivity index (χ2v) is 6.41. The summed E-state index contributed by atoms with van der Waals surface area (Å²) in [5.74, 6) is -2.01. The number of phenolic OH excluding ortho intramolecular Hbond substituents is 1. The van der Waals surface area contributed by atoms with E-state index in [0.29, 0.717) is 13.1 Å². The highest BCUT2D eigenvalue weighted by molar-refractivity contribution is 6.01. The van der Waals surface area contributed by atoms with Gasteiger partial charge in [0.25, 0.3) is 5.91 Å². The maximum absolute atomic E-state index is 12.4. The molecule has 0 bridgehead atoms. The molecule has 0 fully saturated rings. The molecule has 0 heterocycles. The van der Waals surface area contributed by atoms with Crippen molar-refractivity contribution < 1.29 is 33.8 Å². The van der Waals surface area contributed by atoms with Crippen molar-refractivity contribution in [2.24, 2.45) is 0 Å². The number of ether oxygens (including phenoxy) is 3. The summed E-state index contributed by atoms with van der Waals surface area (Å²) < 4.78 is 14.9. The van der Waals surface area contributed by atoms with Crippen LogP contribution in [0.25, 0.3) is 6.08 Å². The average Bonchev–Trinajstić information content (AvgIpc) is 2.71. The molecular weight excluding hydrogens is 410 g/mol. The lowest BCUT2D eigenvalue weighted by molar-refractivity contribution is -0.385. The van der Waals surface area contributed by atoms with Crippen LogP contribution in [0.4, 0.5) is 10.5 Å². The van der Waals surface area contributed by atoms with E-state index in [1.54, 1.807) is 33.8 Å². The van der Waals surface area contributed by atoms with Crippen molar-refractivity contribution in [1.82, 2.24) is 4.90 Å². The number of nitrogens with zero attached hydrogens (tertiary/aromatic N) is 3. The van der Waals surface area contributed by atoms with Crippen LogP contribution in [0.3, 0.4) is 0 Å². The van der Waals surface area contributed by atoms with Crippen molar-refractivity contribution in [3.8, 4) is 17.6 Å². The Kier molecular flexibility index (Phi) is 9.94. The zero-order valence-corrected chi connectivity index (χ0v) is 17.8. The van der Waals surface area contributed by atoms with E-state index in [-0.39, 0.29) is 30.5 Å². The normalized spacial score (nSPS) is 11.0. The van der Waals surface area contributed by atoms with Gasteiger partial charge < -0.3 is 24.2 Å². The number of likely N-dealkylation sites (N-methyl/N-ethyl adjacent to an activating group) is 1. The van der Waals surface area contributed by atoms with Crippen LogP contribution in [0.2, 0.25) is 0 Å². The predicted octanol–water partition coefficient (Wildman–Crippen LogP) is 3.02. The van der Waals surface area contributed by atoms with Gasteiger partial charge in [0.2, 0.25) is 5.75 Å². The molecule has 0 unspecified atom stereocenters. The van der Waals surface area contributed by atoms with Gasteiger partial charge in [0.05, 0.1) is 17.6 Å². The van der Waals surface area contributed by atoms with Gasteiger partial charge in [-0.25, -0.2) is 4.79 Å². The Balaban J connectivity index is 3.20. The number of nitriles is 1. The number of phenols is 1. The van der Waals surface area contributed by atoms with Crippen LogP contribution in [0, 0.1) is 21.4 Å². The Morgan fingerprint density at radius 1 is 1.29 bits per heavy atom. The number of carbonyl (C=O) groups is 2. The topological polar surface area (TPSA) is 152 Å². The highest BCUT2D eigenvalue weighted by Crippen LogP contribution is 2.38. The molecule has 0 radical (unpaired) electrons. The minimum atomic E-state index is -1.21. The van der Waals surface area contributed by atoms with E-state index in [4.69, 9.17) is 14.2 Å². The fourth-order valence-electron chi connectivity index (χ4n) is 2.43. The Morgan fingerprint density at radius 3 is 2.45 bits per heavy atom. The molecule has 0 aromatic heterocycles. The predicted molar refractivity (Wildman–Crippen MR) is 109 cm³/mol. The molecule has 0 saturated heterocycles. The van der Waals surface area contributed by atoms with Gasteiger partial charge in [0, 0.05) is 19.2 Å². The molecule has 1 amide bonds. The van der Waals surface area contributed by atoms with Crippen LogP contribution in [0.5, 0.6) is 11.5 Å². The summed E-state index contributed by atoms with van der Waals surface area (Å²) in [7, 11) is 0. The summed E-state index contributed by atoms with van der Waals surface area (Å²) in [5, 5.41) is 30.7. The van der Waals surface area contributed by atoms with Crippen LogP contribution in [-0.4, -0.2) is 59.4 Å². The van der Waals surface area contributed by atoms with Crippen molar-refractivity contribution in [2.45, 2.75) is 33.8 Å². The molecule has 0 spiro atoms. The van der Waals surface area contributed by atoms with E-state index in [2.05, 4.69) is 0 Å². The standard InChI is InChI=1S/C20H25N3O8/c1-5-22(6-2)19(25)15(12-21)9-14-10-16(23(27)28)18(24)17(11-14)31-20(26)30-8-7-29-13(3)4/h9-11,13,24H,5-8H2,1-4H3. The Hall–Kier alpha value is -3.65. The molecule has 11 heteroatoms. The molecule has 1 rings (SSSR count). The van der Waals surface area contributed by atoms with Crippen LogP contribution >= 0.6 is 0 Å². The summed E-state index contributed by atoms with van der Waals surface area (Å²) in [6, 6.07) is 3.80. The van der Waals surface area contributed by atoms with Gasteiger partial charge in [0.15, 0.2) is 5.75 Å². The van der Waals surface area contributed by atoms with Crippen LogP contribution in [-0.2, 0) is 14.3 Å². The first kappa shape index (κ1) is 25.4. The maximum Gasteiger partial charge on any atom is 0.514 e. The van der Waals surface area contributed by atoms with Crippen LogP contribution in [0.15, 0.2) is 17.7 Å². The zero-order chi connectivity index (χ0) is 23.6.